The van der Waals surface area contributed by atoms with Crippen LogP contribution < -0.4 is 5.32 Å². The number of likely N-dealkylation sites (tertiary alicyclic amines) is 1. The summed E-state index contributed by atoms with van der Waals surface area (Å²) >= 11 is 0. The highest BCUT2D eigenvalue weighted by Crippen LogP contribution is 2.28. The van der Waals surface area contributed by atoms with Gasteiger partial charge in [-0.15, -0.1) is 5.10 Å². The van der Waals surface area contributed by atoms with Crippen LogP contribution in [0.15, 0.2) is 42.7 Å². The van der Waals surface area contributed by atoms with E-state index in [1.807, 2.05) is 62.0 Å². The number of hydrogen-bond acceptors (Lipinski definition) is 6. The minimum atomic E-state index is -0.595. The lowest BCUT2D eigenvalue weighted by Crippen LogP contribution is -2.50. The molecular weight excluding hydrogens is 578 g/mol. The smallest absolute Gasteiger partial charge is 0.248 e. The molecule has 10 heteroatoms. The van der Waals surface area contributed by atoms with Crippen molar-refractivity contribution in [2.75, 3.05) is 13.2 Å². The molecule has 1 aliphatic rings. The SMILES string of the molecule is CCCCCC(CCC)CCc1cn(C(C(=O)N2CCCC2C(=O)NC(CO)c2ccc(-c3ccnn3CC)cc2)C(C)C)nn1. The van der Waals surface area contributed by atoms with Gasteiger partial charge in [0.15, 0.2) is 0 Å². The third-order valence-electron chi connectivity index (χ3n) is 9.41. The van der Waals surface area contributed by atoms with Gasteiger partial charge in [0.1, 0.15) is 12.1 Å². The molecule has 3 aromatic rings. The minimum Gasteiger partial charge on any atom is -0.394 e. The first kappa shape index (κ1) is 35.3. The lowest BCUT2D eigenvalue weighted by Gasteiger charge is -2.30. The second-order valence-corrected chi connectivity index (χ2v) is 13.2. The van der Waals surface area contributed by atoms with Crippen LogP contribution in [-0.4, -0.2) is 65.8 Å². The van der Waals surface area contributed by atoms with Crippen molar-refractivity contribution in [1.29, 1.82) is 0 Å². The Morgan fingerprint density at radius 3 is 2.48 bits per heavy atom. The quantitative estimate of drug-likeness (QED) is 0.163. The zero-order valence-electron chi connectivity index (χ0n) is 28.6. The summed E-state index contributed by atoms with van der Waals surface area (Å²) in [6, 6.07) is 8.07. The maximum absolute atomic E-state index is 14.0. The summed E-state index contributed by atoms with van der Waals surface area (Å²) in [5.74, 6) is 0.315. The van der Waals surface area contributed by atoms with Crippen LogP contribution in [0.4, 0.5) is 0 Å². The Balaban J connectivity index is 1.40. The van der Waals surface area contributed by atoms with Crippen LogP contribution in [0.2, 0.25) is 0 Å². The molecule has 1 aliphatic heterocycles. The summed E-state index contributed by atoms with van der Waals surface area (Å²) in [5, 5.41) is 26.5. The van der Waals surface area contributed by atoms with Crippen molar-refractivity contribution in [3.63, 3.8) is 0 Å². The van der Waals surface area contributed by atoms with Gasteiger partial charge in [-0.25, -0.2) is 4.68 Å². The first-order valence-electron chi connectivity index (χ1n) is 17.6. The molecule has 0 aliphatic carbocycles. The summed E-state index contributed by atoms with van der Waals surface area (Å²) in [6.45, 7) is 11.6. The molecule has 4 rings (SSSR count). The zero-order chi connectivity index (χ0) is 33.1. The fourth-order valence-corrected chi connectivity index (χ4v) is 6.84. The number of nitrogens with zero attached hydrogens (tertiary/aromatic N) is 6. The summed E-state index contributed by atoms with van der Waals surface area (Å²) in [5.41, 5.74) is 3.75. The van der Waals surface area contributed by atoms with E-state index < -0.39 is 18.1 Å². The van der Waals surface area contributed by atoms with Gasteiger partial charge >= 0.3 is 0 Å². The van der Waals surface area contributed by atoms with Crippen LogP contribution in [-0.2, 0) is 22.6 Å². The molecule has 0 spiro atoms. The average Bonchev–Trinajstić information content (AvgIpc) is 3.84. The first-order valence-corrected chi connectivity index (χ1v) is 17.6. The van der Waals surface area contributed by atoms with Crippen LogP contribution in [0, 0.1) is 11.8 Å². The number of hydrogen-bond donors (Lipinski definition) is 2. The fraction of sp³-hybridized carbons (Fsp3) is 0.639. The van der Waals surface area contributed by atoms with E-state index in [-0.39, 0.29) is 24.3 Å². The number of aromatic nitrogens is 5. The molecule has 252 valence electrons. The molecule has 2 N–H and O–H groups in total. The molecule has 1 saturated heterocycles. The van der Waals surface area contributed by atoms with E-state index in [2.05, 4.69) is 34.6 Å². The van der Waals surface area contributed by atoms with Crippen molar-refractivity contribution in [3.8, 4) is 11.3 Å². The Morgan fingerprint density at radius 2 is 1.80 bits per heavy atom. The number of benzene rings is 1. The van der Waals surface area contributed by atoms with Crippen molar-refractivity contribution >= 4 is 11.8 Å². The van der Waals surface area contributed by atoms with Gasteiger partial charge in [0, 0.05) is 25.5 Å². The van der Waals surface area contributed by atoms with Crippen LogP contribution in [0.25, 0.3) is 11.3 Å². The molecule has 0 radical (unpaired) electrons. The predicted molar refractivity (Wildman–Crippen MR) is 181 cm³/mol. The van der Waals surface area contributed by atoms with Gasteiger partial charge in [0.25, 0.3) is 0 Å². The standard InChI is InChI=1S/C36H55N7O3/c1-6-9-10-13-27(12-7-2)15-20-30-24-43(40-39-30)34(26(4)5)36(46)41-23-11-14-33(41)35(45)38-31(25-44)28-16-18-29(19-17-28)32-21-22-37-42(32)8-3/h16-19,21-22,24,26-27,31,33-34,44H,6-15,20,23,25H2,1-5H3,(H,38,45). The third kappa shape index (κ3) is 8.84. The highest BCUT2D eigenvalue weighted by atomic mass is 16.3. The van der Waals surface area contributed by atoms with Crippen molar-refractivity contribution in [3.05, 3.63) is 54.0 Å². The van der Waals surface area contributed by atoms with E-state index in [1.54, 1.807) is 15.8 Å². The first-order chi connectivity index (χ1) is 22.3. The average molecular weight is 634 g/mol. The lowest BCUT2D eigenvalue weighted by molar-refractivity contribution is -0.142. The van der Waals surface area contributed by atoms with Gasteiger partial charge in [-0.3, -0.25) is 14.3 Å². The maximum Gasteiger partial charge on any atom is 0.248 e. The number of carbonyl (C=O) groups excluding carboxylic acids is 2. The van der Waals surface area contributed by atoms with Gasteiger partial charge in [-0.1, -0.05) is 95.7 Å². The minimum absolute atomic E-state index is 0.0269. The molecule has 4 unspecified atom stereocenters. The Kier molecular flexibility index (Phi) is 13.4. The van der Waals surface area contributed by atoms with E-state index in [9.17, 15) is 14.7 Å². The normalized spacial score (nSPS) is 16.9. The largest absolute Gasteiger partial charge is 0.394 e. The highest BCUT2D eigenvalue weighted by molar-refractivity contribution is 5.90. The molecule has 46 heavy (non-hydrogen) atoms. The molecule has 0 bridgehead atoms. The van der Waals surface area contributed by atoms with E-state index in [0.717, 1.165) is 48.3 Å². The van der Waals surface area contributed by atoms with Gasteiger partial charge in [-0.05, 0) is 61.6 Å². The summed E-state index contributed by atoms with van der Waals surface area (Å²) in [6.07, 6.45) is 14.5. The number of aryl methyl sites for hydroxylation is 2. The molecule has 1 fully saturated rings. The molecule has 3 heterocycles. The molecule has 4 atom stereocenters. The summed E-state index contributed by atoms with van der Waals surface area (Å²) in [7, 11) is 0. The molecular formula is C36H55N7O3. The molecule has 2 amide bonds. The molecule has 1 aromatic carbocycles. The predicted octanol–water partition coefficient (Wildman–Crippen LogP) is 6.13. The van der Waals surface area contributed by atoms with Crippen molar-refractivity contribution in [2.45, 2.75) is 123 Å². The van der Waals surface area contributed by atoms with Gasteiger partial charge in [0.2, 0.25) is 11.8 Å². The van der Waals surface area contributed by atoms with Crippen LogP contribution >= 0.6 is 0 Å². The van der Waals surface area contributed by atoms with Gasteiger partial charge < -0.3 is 15.3 Å². The zero-order valence-corrected chi connectivity index (χ0v) is 28.6. The Bertz CT molecular complexity index is 1370. The Morgan fingerprint density at radius 1 is 1.02 bits per heavy atom. The Hall–Kier alpha value is -3.53. The number of nitrogens with one attached hydrogen (secondary N) is 1. The number of aliphatic hydroxyl groups excluding tert-OH is 1. The Labute approximate surface area is 274 Å². The van der Waals surface area contributed by atoms with E-state index in [1.165, 1.54) is 38.5 Å². The van der Waals surface area contributed by atoms with Gasteiger partial charge in [0.05, 0.1) is 24.0 Å². The van der Waals surface area contributed by atoms with E-state index in [0.29, 0.717) is 18.9 Å². The maximum atomic E-state index is 14.0. The van der Waals surface area contributed by atoms with Gasteiger partial charge in [-0.2, -0.15) is 5.10 Å². The second-order valence-electron chi connectivity index (χ2n) is 13.2. The van der Waals surface area contributed by atoms with E-state index in [4.69, 9.17) is 0 Å². The fourth-order valence-electron chi connectivity index (χ4n) is 6.84. The van der Waals surface area contributed by atoms with Crippen molar-refractivity contribution in [1.82, 2.24) is 35.0 Å². The van der Waals surface area contributed by atoms with Crippen molar-refractivity contribution < 1.29 is 14.7 Å². The topological polar surface area (TPSA) is 118 Å². The number of carbonyl (C=O) groups is 2. The highest BCUT2D eigenvalue weighted by Gasteiger charge is 2.39. The monoisotopic (exact) mass is 633 g/mol. The number of aliphatic hydroxyl groups is 1. The third-order valence-corrected chi connectivity index (χ3v) is 9.41. The molecule has 10 nitrogen and oxygen atoms in total. The van der Waals surface area contributed by atoms with Crippen molar-refractivity contribution in [2.24, 2.45) is 11.8 Å². The number of rotatable bonds is 18. The van der Waals surface area contributed by atoms with E-state index >= 15 is 0 Å². The van der Waals surface area contributed by atoms with Crippen LogP contribution in [0.5, 0.6) is 0 Å². The molecule has 2 aromatic heterocycles. The molecule has 0 saturated carbocycles. The summed E-state index contributed by atoms with van der Waals surface area (Å²) < 4.78 is 3.64. The van der Waals surface area contributed by atoms with Crippen LogP contribution in [0.1, 0.15) is 116 Å². The number of unbranched alkanes of at least 4 members (excludes halogenated alkanes) is 2. The number of amides is 2. The lowest BCUT2D eigenvalue weighted by atomic mass is 9.91. The second kappa shape index (κ2) is 17.4. The van der Waals surface area contributed by atoms with Crippen LogP contribution in [0.3, 0.4) is 0 Å². The summed E-state index contributed by atoms with van der Waals surface area (Å²) in [4.78, 5) is 29.3.